The number of amides is 1. The summed E-state index contributed by atoms with van der Waals surface area (Å²) in [6.45, 7) is 8.80. The molecule has 6 nitrogen and oxygen atoms in total. The Kier molecular flexibility index (Phi) is 5.55. The summed E-state index contributed by atoms with van der Waals surface area (Å²) >= 11 is 1.53. The maximum atomic E-state index is 12.7. The number of nitrogens with zero attached hydrogens (tertiary/aromatic N) is 2. The van der Waals surface area contributed by atoms with Crippen LogP contribution in [0.2, 0.25) is 0 Å². The van der Waals surface area contributed by atoms with Crippen LogP contribution in [-0.2, 0) is 11.3 Å². The third-order valence-electron chi connectivity index (χ3n) is 4.99. The zero-order chi connectivity index (χ0) is 19.8. The highest BCUT2D eigenvalue weighted by atomic mass is 32.1. The summed E-state index contributed by atoms with van der Waals surface area (Å²) in [5, 5.41) is 23.3. The maximum Gasteiger partial charge on any atom is 0.237 e. The van der Waals surface area contributed by atoms with Gasteiger partial charge in [-0.15, -0.1) is 11.3 Å². The Morgan fingerprint density at radius 1 is 1.41 bits per heavy atom. The normalized spacial score (nSPS) is 20.8. The Morgan fingerprint density at radius 3 is 2.74 bits per heavy atom. The number of hydrogen-bond donors (Lipinski definition) is 3. The number of rotatable bonds is 4. The topological polar surface area (TPSA) is 85.7 Å². The molecular weight excluding hydrogens is 362 g/mol. The number of carbonyl (C=O) groups excluding carboxylic acids is 1. The van der Waals surface area contributed by atoms with Crippen LogP contribution in [0.1, 0.15) is 38.4 Å². The number of phenolic OH excluding ortho intramolecular Hbond substituents is 1. The van der Waals surface area contributed by atoms with Crippen LogP contribution in [0.3, 0.4) is 0 Å². The van der Waals surface area contributed by atoms with Crippen molar-refractivity contribution < 1.29 is 15.0 Å². The van der Waals surface area contributed by atoms with E-state index in [1.807, 2.05) is 44.7 Å². The van der Waals surface area contributed by atoms with Crippen LogP contribution in [0, 0.1) is 6.92 Å². The number of likely N-dealkylation sites (tertiary alicyclic amines) is 1. The quantitative estimate of drug-likeness (QED) is 0.749. The Balaban J connectivity index is 1.68. The molecule has 2 aromatic rings. The molecule has 2 atom stereocenters. The summed E-state index contributed by atoms with van der Waals surface area (Å²) in [6.07, 6.45) is -0.0612. The van der Waals surface area contributed by atoms with Crippen molar-refractivity contribution >= 4 is 17.2 Å². The summed E-state index contributed by atoms with van der Waals surface area (Å²) < 4.78 is 0. The summed E-state index contributed by atoms with van der Waals surface area (Å²) in [5.74, 6) is 0.0305. The largest absolute Gasteiger partial charge is 0.508 e. The van der Waals surface area contributed by atoms with Crippen LogP contribution in [0.15, 0.2) is 23.7 Å². The average Bonchev–Trinajstić information content (AvgIpc) is 3.19. The minimum absolute atomic E-state index is 0.122. The van der Waals surface area contributed by atoms with E-state index in [4.69, 9.17) is 0 Å². The first-order chi connectivity index (χ1) is 12.7. The highest BCUT2D eigenvalue weighted by Gasteiger charge is 2.41. The van der Waals surface area contributed by atoms with Crippen LogP contribution in [0.25, 0.3) is 10.4 Å². The van der Waals surface area contributed by atoms with Crippen LogP contribution < -0.4 is 5.32 Å². The van der Waals surface area contributed by atoms with E-state index in [1.54, 1.807) is 11.6 Å². The molecule has 1 aliphatic rings. The van der Waals surface area contributed by atoms with E-state index in [0.29, 0.717) is 18.5 Å². The highest BCUT2D eigenvalue weighted by Crippen LogP contribution is 2.31. The molecule has 0 spiro atoms. The molecule has 7 heteroatoms. The molecule has 1 aromatic heterocycles. The van der Waals surface area contributed by atoms with Crippen molar-refractivity contribution in [1.82, 2.24) is 15.2 Å². The molecule has 0 bridgehead atoms. The van der Waals surface area contributed by atoms with Crippen LogP contribution in [-0.4, -0.2) is 50.2 Å². The summed E-state index contributed by atoms with van der Waals surface area (Å²) in [6, 6.07) is 5.11. The number of hydrogen-bond acceptors (Lipinski definition) is 6. The molecule has 1 fully saturated rings. The van der Waals surface area contributed by atoms with Gasteiger partial charge in [0.1, 0.15) is 5.75 Å². The minimum atomic E-state index is -0.490. The number of carbonyl (C=O) groups is 1. The minimum Gasteiger partial charge on any atom is -0.508 e. The number of thiazole rings is 1. The molecule has 0 aliphatic carbocycles. The number of aromatic nitrogens is 1. The van der Waals surface area contributed by atoms with E-state index in [0.717, 1.165) is 16.1 Å². The second kappa shape index (κ2) is 7.58. The molecule has 1 aliphatic heterocycles. The van der Waals surface area contributed by atoms with Gasteiger partial charge < -0.3 is 15.5 Å². The number of aliphatic hydroxyl groups is 1. The van der Waals surface area contributed by atoms with Gasteiger partial charge in [-0.3, -0.25) is 9.69 Å². The lowest BCUT2D eigenvalue weighted by molar-refractivity contribution is -0.127. The number of phenols is 1. The van der Waals surface area contributed by atoms with Crippen molar-refractivity contribution in [3.63, 3.8) is 0 Å². The molecule has 1 saturated heterocycles. The van der Waals surface area contributed by atoms with E-state index in [2.05, 4.69) is 10.3 Å². The lowest BCUT2D eigenvalue weighted by Crippen LogP contribution is -2.51. The van der Waals surface area contributed by atoms with Gasteiger partial charge in [0, 0.05) is 24.2 Å². The van der Waals surface area contributed by atoms with Gasteiger partial charge in [-0.2, -0.15) is 0 Å². The second-order valence-electron chi connectivity index (χ2n) is 8.06. The fourth-order valence-corrected chi connectivity index (χ4v) is 4.34. The molecule has 0 unspecified atom stereocenters. The standard InChI is InChI=1S/C20H27N3O3S/c1-12-18(27-11-22-12)13-5-6-14(17(25)7-13)9-21-19(26)16-8-15(24)10-23(16)20(2,3)4/h5-7,11,15-16,24-25H,8-10H2,1-4H3,(H,21,26)/t15-,16+/m1/s1. The molecule has 3 N–H and O–H groups in total. The van der Waals surface area contributed by atoms with E-state index in [1.165, 1.54) is 11.3 Å². The number of aryl methyl sites for hydroxylation is 1. The molecule has 1 aromatic carbocycles. The van der Waals surface area contributed by atoms with Gasteiger partial charge in [-0.05, 0) is 45.7 Å². The van der Waals surface area contributed by atoms with Gasteiger partial charge in [0.2, 0.25) is 5.91 Å². The zero-order valence-electron chi connectivity index (χ0n) is 16.2. The maximum absolute atomic E-state index is 12.7. The van der Waals surface area contributed by atoms with E-state index in [-0.39, 0.29) is 29.8 Å². The predicted octanol–water partition coefficient (Wildman–Crippen LogP) is 2.67. The van der Waals surface area contributed by atoms with Crippen LogP contribution in [0.4, 0.5) is 0 Å². The number of benzene rings is 1. The summed E-state index contributed by atoms with van der Waals surface area (Å²) in [5.41, 5.74) is 4.10. The second-order valence-corrected chi connectivity index (χ2v) is 8.91. The van der Waals surface area contributed by atoms with Crippen molar-refractivity contribution in [2.75, 3.05) is 6.54 Å². The van der Waals surface area contributed by atoms with Gasteiger partial charge in [0.25, 0.3) is 0 Å². The lowest BCUT2D eigenvalue weighted by Gasteiger charge is -2.36. The molecule has 27 heavy (non-hydrogen) atoms. The first kappa shape index (κ1) is 19.8. The Bertz CT molecular complexity index is 828. The monoisotopic (exact) mass is 389 g/mol. The Hall–Kier alpha value is -1.96. The number of β-amino-alcohol motifs (C(OH)–C–C–N with tert-alkyl or cyclic N) is 1. The van der Waals surface area contributed by atoms with Gasteiger partial charge >= 0.3 is 0 Å². The highest BCUT2D eigenvalue weighted by molar-refractivity contribution is 7.13. The van der Waals surface area contributed by atoms with E-state index >= 15 is 0 Å². The fraction of sp³-hybridized carbons (Fsp3) is 0.500. The predicted molar refractivity (Wildman–Crippen MR) is 107 cm³/mol. The van der Waals surface area contributed by atoms with Crippen molar-refractivity contribution in [2.45, 2.75) is 58.3 Å². The molecule has 1 amide bonds. The number of aromatic hydroxyl groups is 1. The number of nitrogens with one attached hydrogen (secondary N) is 1. The third kappa shape index (κ3) is 4.31. The van der Waals surface area contributed by atoms with Gasteiger partial charge in [-0.25, -0.2) is 4.98 Å². The van der Waals surface area contributed by atoms with Crippen molar-refractivity contribution in [3.05, 3.63) is 35.0 Å². The van der Waals surface area contributed by atoms with Gasteiger partial charge in [-0.1, -0.05) is 12.1 Å². The Labute approximate surface area is 163 Å². The van der Waals surface area contributed by atoms with Crippen molar-refractivity contribution in [3.8, 4) is 16.2 Å². The zero-order valence-corrected chi connectivity index (χ0v) is 17.0. The molecular formula is C20H27N3O3S. The summed E-state index contributed by atoms with van der Waals surface area (Å²) in [4.78, 5) is 20.0. The SMILES string of the molecule is Cc1ncsc1-c1ccc(CNC(=O)[C@@H]2C[C@@H](O)CN2C(C)(C)C)c(O)c1. The molecule has 0 saturated carbocycles. The van der Waals surface area contributed by atoms with Crippen LogP contribution in [0.5, 0.6) is 5.75 Å². The smallest absolute Gasteiger partial charge is 0.237 e. The number of aliphatic hydroxyl groups excluding tert-OH is 1. The van der Waals surface area contributed by atoms with E-state index < -0.39 is 6.10 Å². The van der Waals surface area contributed by atoms with Gasteiger partial charge in [0.05, 0.1) is 28.2 Å². The molecule has 3 rings (SSSR count). The Morgan fingerprint density at radius 2 is 2.15 bits per heavy atom. The van der Waals surface area contributed by atoms with Crippen LogP contribution >= 0.6 is 11.3 Å². The molecule has 0 radical (unpaired) electrons. The van der Waals surface area contributed by atoms with Crippen molar-refractivity contribution in [1.29, 1.82) is 0 Å². The van der Waals surface area contributed by atoms with E-state index in [9.17, 15) is 15.0 Å². The first-order valence-electron chi connectivity index (χ1n) is 9.11. The fourth-order valence-electron chi connectivity index (χ4n) is 3.54. The lowest BCUT2D eigenvalue weighted by atomic mass is 10.0. The third-order valence-corrected chi connectivity index (χ3v) is 5.97. The molecule has 2 heterocycles. The van der Waals surface area contributed by atoms with Crippen molar-refractivity contribution in [2.24, 2.45) is 0 Å². The average molecular weight is 390 g/mol. The summed E-state index contributed by atoms with van der Waals surface area (Å²) in [7, 11) is 0. The molecule has 146 valence electrons. The first-order valence-corrected chi connectivity index (χ1v) is 9.99. The van der Waals surface area contributed by atoms with Gasteiger partial charge in [0.15, 0.2) is 0 Å².